The number of nitrogens with one attached hydrogen (secondary N) is 1. The van der Waals surface area contributed by atoms with Gasteiger partial charge in [-0.1, -0.05) is 43.4 Å². The summed E-state index contributed by atoms with van der Waals surface area (Å²) in [5.74, 6) is 3.30. The van der Waals surface area contributed by atoms with Crippen molar-refractivity contribution >= 4 is 0 Å². The monoisotopic (exact) mass is 273 g/mol. The number of hydrogen-bond donors (Lipinski definition) is 2. The standard InChI is InChI=1S/C17H23NO2/c1-2-12-20-17-11-7-6-8-14(17)13-18-15-9-4-3-5-10-16(15)19/h1,6-8,11,15-16,18-19H,3-5,9-10,12-13H2. The highest BCUT2D eigenvalue weighted by atomic mass is 16.5. The summed E-state index contributed by atoms with van der Waals surface area (Å²) in [5.41, 5.74) is 1.08. The van der Waals surface area contributed by atoms with E-state index in [1.165, 1.54) is 12.8 Å². The zero-order chi connectivity index (χ0) is 14.2. The van der Waals surface area contributed by atoms with Crippen molar-refractivity contribution in [2.75, 3.05) is 6.61 Å². The lowest BCUT2D eigenvalue weighted by Crippen LogP contribution is -2.38. The van der Waals surface area contributed by atoms with Crippen molar-refractivity contribution in [2.45, 2.75) is 50.8 Å². The van der Waals surface area contributed by atoms with Crippen molar-refractivity contribution in [2.24, 2.45) is 0 Å². The van der Waals surface area contributed by atoms with Gasteiger partial charge in [0, 0.05) is 18.2 Å². The average molecular weight is 273 g/mol. The van der Waals surface area contributed by atoms with Crippen molar-refractivity contribution in [3.05, 3.63) is 29.8 Å². The van der Waals surface area contributed by atoms with Gasteiger partial charge in [-0.05, 0) is 18.9 Å². The molecule has 1 aromatic rings. The van der Waals surface area contributed by atoms with Crippen LogP contribution in [-0.2, 0) is 6.54 Å². The fourth-order valence-electron chi connectivity index (χ4n) is 2.68. The highest BCUT2D eigenvalue weighted by Gasteiger charge is 2.21. The molecule has 20 heavy (non-hydrogen) atoms. The minimum absolute atomic E-state index is 0.179. The Hall–Kier alpha value is -1.50. The molecule has 3 heteroatoms. The molecule has 0 amide bonds. The Balaban J connectivity index is 1.94. The van der Waals surface area contributed by atoms with Crippen molar-refractivity contribution in [1.82, 2.24) is 5.32 Å². The van der Waals surface area contributed by atoms with Gasteiger partial charge in [0.2, 0.25) is 0 Å². The molecule has 1 saturated carbocycles. The zero-order valence-electron chi connectivity index (χ0n) is 11.8. The molecular weight excluding hydrogens is 250 g/mol. The molecule has 2 atom stereocenters. The number of ether oxygens (including phenoxy) is 1. The predicted octanol–water partition coefficient (Wildman–Crippen LogP) is 2.48. The third-order valence-electron chi connectivity index (χ3n) is 3.82. The van der Waals surface area contributed by atoms with Crippen LogP contribution in [0.2, 0.25) is 0 Å². The first-order valence-corrected chi connectivity index (χ1v) is 7.37. The van der Waals surface area contributed by atoms with Gasteiger partial charge >= 0.3 is 0 Å². The summed E-state index contributed by atoms with van der Waals surface area (Å²) in [6.45, 7) is 0.978. The third kappa shape index (κ3) is 4.26. The van der Waals surface area contributed by atoms with Crippen molar-refractivity contribution < 1.29 is 9.84 Å². The van der Waals surface area contributed by atoms with E-state index in [0.29, 0.717) is 6.54 Å². The van der Waals surface area contributed by atoms with Gasteiger partial charge in [0.25, 0.3) is 0 Å². The number of rotatable bonds is 5. The van der Waals surface area contributed by atoms with Crippen LogP contribution in [0.1, 0.15) is 37.7 Å². The van der Waals surface area contributed by atoms with Crippen molar-refractivity contribution in [3.8, 4) is 18.1 Å². The van der Waals surface area contributed by atoms with Gasteiger partial charge in [0.05, 0.1) is 6.10 Å². The van der Waals surface area contributed by atoms with E-state index >= 15 is 0 Å². The maximum Gasteiger partial charge on any atom is 0.148 e. The SMILES string of the molecule is C#CCOc1ccccc1CNC1CCCCCC1O. The molecule has 1 aliphatic carbocycles. The molecule has 108 valence electrons. The van der Waals surface area contributed by atoms with E-state index in [9.17, 15) is 5.11 Å². The molecule has 0 aromatic heterocycles. The van der Waals surface area contributed by atoms with Gasteiger partial charge in [0.15, 0.2) is 0 Å². The lowest BCUT2D eigenvalue weighted by atomic mass is 10.1. The molecular formula is C17H23NO2. The molecule has 0 heterocycles. The van der Waals surface area contributed by atoms with Crippen LogP contribution in [-0.4, -0.2) is 23.9 Å². The predicted molar refractivity (Wildman–Crippen MR) is 80.5 cm³/mol. The molecule has 1 fully saturated rings. The Kier molecular flexibility index (Phi) is 5.91. The van der Waals surface area contributed by atoms with Gasteiger partial charge in [-0.3, -0.25) is 0 Å². The second-order valence-corrected chi connectivity index (χ2v) is 5.29. The molecule has 2 unspecified atom stereocenters. The summed E-state index contributed by atoms with van der Waals surface area (Å²) in [4.78, 5) is 0. The summed E-state index contributed by atoms with van der Waals surface area (Å²) in [5, 5.41) is 13.6. The van der Waals surface area contributed by atoms with E-state index in [1.54, 1.807) is 0 Å². The van der Waals surface area contributed by atoms with Gasteiger partial charge < -0.3 is 15.2 Å². The third-order valence-corrected chi connectivity index (χ3v) is 3.82. The normalized spacial score (nSPS) is 22.8. The lowest BCUT2D eigenvalue weighted by Gasteiger charge is -2.22. The van der Waals surface area contributed by atoms with Gasteiger partial charge in [-0.2, -0.15) is 0 Å². The molecule has 2 N–H and O–H groups in total. The van der Waals surface area contributed by atoms with Crippen LogP contribution in [0, 0.1) is 12.3 Å². The Morgan fingerprint density at radius 2 is 2.05 bits per heavy atom. The van der Waals surface area contributed by atoms with Crippen LogP contribution in [0.5, 0.6) is 5.75 Å². The minimum atomic E-state index is -0.240. The van der Waals surface area contributed by atoms with E-state index in [2.05, 4.69) is 11.2 Å². The minimum Gasteiger partial charge on any atom is -0.481 e. The summed E-state index contributed by atoms with van der Waals surface area (Å²) in [7, 11) is 0. The van der Waals surface area contributed by atoms with E-state index in [1.807, 2.05) is 24.3 Å². The Labute approximate surface area is 121 Å². The quantitative estimate of drug-likeness (QED) is 0.640. The number of hydrogen-bond acceptors (Lipinski definition) is 3. The van der Waals surface area contributed by atoms with E-state index in [-0.39, 0.29) is 18.8 Å². The van der Waals surface area contributed by atoms with Crippen LogP contribution >= 0.6 is 0 Å². The maximum absolute atomic E-state index is 10.1. The molecule has 0 radical (unpaired) electrons. The molecule has 3 nitrogen and oxygen atoms in total. The van der Waals surface area contributed by atoms with Crippen LogP contribution in [0.25, 0.3) is 0 Å². The fraction of sp³-hybridized carbons (Fsp3) is 0.529. The average Bonchev–Trinajstić information content (AvgIpc) is 2.68. The maximum atomic E-state index is 10.1. The highest BCUT2D eigenvalue weighted by molar-refractivity contribution is 5.33. The smallest absolute Gasteiger partial charge is 0.148 e. The number of aliphatic hydroxyl groups excluding tert-OH is 1. The van der Waals surface area contributed by atoms with Crippen LogP contribution < -0.4 is 10.1 Å². The lowest BCUT2D eigenvalue weighted by molar-refractivity contribution is 0.119. The van der Waals surface area contributed by atoms with E-state index < -0.39 is 0 Å². The first-order valence-electron chi connectivity index (χ1n) is 7.37. The molecule has 0 aliphatic heterocycles. The first kappa shape index (κ1) is 14.9. The zero-order valence-corrected chi connectivity index (χ0v) is 11.8. The molecule has 1 aromatic carbocycles. The summed E-state index contributed by atoms with van der Waals surface area (Å²) < 4.78 is 5.54. The van der Waals surface area contributed by atoms with Gasteiger partial charge in [-0.25, -0.2) is 0 Å². The number of para-hydroxylation sites is 1. The topological polar surface area (TPSA) is 41.5 Å². The summed E-state index contributed by atoms with van der Waals surface area (Å²) in [6, 6.07) is 8.07. The van der Waals surface area contributed by atoms with Crippen LogP contribution in [0.3, 0.4) is 0 Å². The molecule has 1 aliphatic rings. The highest BCUT2D eigenvalue weighted by Crippen LogP contribution is 2.21. The molecule has 0 spiro atoms. The Bertz CT molecular complexity index is 453. The van der Waals surface area contributed by atoms with Gasteiger partial charge in [-0.15, -0.1) is 6.42 Å². The first-order chi connectivity index (χ1) is 9.81. The Morgan fingerprint density at radius 1 is 1.25 bits per heavy atom. The molecule has 0 saturated heterocycles. The van der Waals surface area contributed by atoms with E-state index in [4.69, 9.17) is 11.2 Å². The summed E-state index contributed by atoms with van der Waals surface area (Å²) >= 11 is 0. The van der Waals surface area contributed by atoms with Crippen LogP contribution in [0.4, 0.5) is 0 Å². The second kappa shape index (κ2) is 7.94. The van der Waals surface area contributed by atoms with Crippen molar-refractivity contribution in [1.29, 1.82) is 0 Å². The molecule has 0 bridgehead atoms. The Morgan fingerprint density at radius 3 is 2.90 bits per heavy atom. The van der Waals surface area contributed by atoms with E-state index in [0.717, 1.165) is 30.6 Å². The number of benzene rings is 1. The largest absolute Gasteiger partial charge is 0.481 e. The second-order valence-electron chi connectivity index (χ2n) is 5.29. The molecule has 2 rings (SSSR count). The summed E-state index contributed by atoms with van der Waals surface area (Å²) in [6.07, 6.45) is 10.5. The number of aliphatic hydroxyl groups is 1. The van der Waals surface area contributed by atoms with Crippen LogP contribution in [0.15, 0.2) is 24.3 Å². The fourth-order valence-corrected chi connectivity index (χ4v) is 2.68. The van der Waals surface area contributed by atoms with Crippen molar-refractivity contribution in [3.63, 3.8) is 0 Å². The van der Waals surface area contributed by atoms with Gasteiger partial charge in [0.1, 0.15) is 12.4 Å². The number of terminal acetylenes is 1.